The van der Waals surface area contributed by atoms with Crippen molar-refractivity contribution in [1.82, 2.24) is 0 Å². The summed E-state index contributed by atoms with van der Waals surface area (Å²) in [5.74, 6) is -0.257. The van der Waals surface area contributed by atoms with E-state index in [1.807, 2.05) is 37.3 Å². The van der Waals surface area contributed by atoms with Gasteiger partial charge in [0.25, 0.3) is 10.0 Å². The normalized spacial score (nSPS) is 15.7. The fraction of sp³-hybridized carbons (Fsp3) is 0.174. The number of para-hydroxylation sites is 1. The van der Waals surface area contributed by atoms with Gasteiger partial charge in [-0.25, -0.2) is 8.42 Å². The second-order valence-electron chi connectivity index (χ2n) is 7.25. The monoisotopic (exact) mass is 484 g/mol. The highest BCUT2D eigenvalue weighted by atomic mass is 79.9. The first-order valence-corrected chi connectivity index (χ1v) is 11.8. The van der Waals surface area contributed by atoms with E-state index in [2.05, 4.69) is 15.9 Å². The molecule has 5 nitrogen and oxygen atoms in total. The highest BCUT2D eigenvalue weighted by Gasteiger charge is 2.34. The summed E-state index contributed by atoms with van der Waals surface area (Å²) in [7, 11) is -3.93. The number of rotatable bonds is 5. The van der Waals surface area contributed by atoms with Gasteiger partial charge in [-0.3, -0.25) is 9.10 Å². The second-order valence-corrected chi connectivity index (χ2v) is 10.0. The Kier molecular flexibility index (Phi) is 5.66. The molecule has 0 fully saturated rings. The van der Waals surface area contributed by atoms with Crippen molar-refractivity contribution in [3.05, 3.63) is 88.9 Å². The van der Waals surface area contributed by atoms with E-state index in [1.165, 1.54) is 4.31 Å². The van der Waals surface area contributed by atoms with Crippen LogP contribution in [0.2, 0.25) is 0 Å². The summed E-state index contributed by atoms with van der Waals surface area (Å²) >= 11 is 3.40. The average molecular weight is 485 g/mol. The largest absolute Gasteiger partial charge is 0.307 e. The van der Waals surface area contributed by atoms with Crippen molar-refractivity contribution in [2.75, 3.05) is 15.7 Å². The lowest BCUT2D eigenvalue weighted by molar-refractivity contribution is -0.117. The number of anilines is 2. The van der Waals surface area contributed by atoms with Gasteiger partial charge in [-0.2, -0.15) is 0 Å². The lowest BCUT2D eigenvalue weighted by Gasteiger charge is -2.29. The van der Waals surface area contributed by atoms with E-state index in [9.17, 15) is 13.2 Å². The first kappa shape index (κ1) is 20.6. The van der Waals surface area contributed by atoms with Crippen LogP contribution in [0.4, 0.5) is 11.4 Å². The Morgan fingerprint density at radius 1 is 1.03 bits per heavy atom. The predicted molar refractivity (Wildman–Crippen MR) is 122 cm³/mol. The van der Waals surface area contributed by atoms with E-state index >= 15 is 0 Å². The second kappa shape index (κ2) is 8.24. The minimum absolute atomic E-state index is 0.0290. The summed E-state index contributed by atoms with van der Waals surface area (Å²) in [6.07, 6.45) is 0.754. The smallest absolute Gasteiger partial charge is 0.264 e. The molecule has 0 aromatic heterocycles. The third-order valence-electron chi connectivity index (χ3n) is 5.18. The van der Waals surface area contributed by atoms with Gasteiger partial charge in [0.05, 0.1) is 10.6 Å². The number of carbonyl (C=O) groups is 1. The van der Waals surface area contributed by atoms with Crippen molar-refractivity contribution in [1.29, 1.82) is 0 Å². The van der Waals surface area contributed by atoms with Gasteiger partial charge in [0.1, 0.15) is 6.54 Å². The molecular formula is C23H21BrN2O3S. The van der Waals surface area contributed by atoms with Crippen LogP contribution in [0, 0.1) is 0 Å². The molecule has 0 spiro atoms. The Morgan fingerprint density at radius 3 is 2.47 bits per heavy atom. The first-order valence-electron chi connectivity index (χ1n) is 9.61. The van der Waals surface area contributed by atoms with Crippen LogP contribution in [0.1, 0.15) is 12.5 Å². The molecule has 0 radical (unpaired) electrons. The molecule has 7 heteroatoms. The SMILES string of the molecule is C[C@@H]1Cc2ccccc2N1C(=O)CN(c1cccc(Br)c1)S(=O)(=O)c1ccccc1. The Balaban J connectivity index is 1.73. The molecule has 0 N–H and O–H groups in total. The van der Waals surface area contributed by atoms with Gasteiger partial charge in [-0.15, -0.1) is 0 Å². The highest BCUT2D eigenvalue weighted by Crippen LogP contribution is 2.33. The Morgan fingerprint density at radius 2 is 1.73 bits per heavy atom. The first-order chi connectivity index (χ1) is 14.4. The number of hydrogen-bond donors (Lipinski definition) is 0. The number of fused-ring (bicyclic) bond motifs is 1. The summed E-state index contributed by atoms with van der Waals surface area (Å²) < 4.78 is 28.8. The maximum atomic E-state index is 13.5. The van der Waals surface area contributed by atoms with Gasteiger partial charge >= 0.3 is 0 Å². The molecule has 0 unspecified atom stereocenters. The molecule has 0 bridgehead atoms. The highest BCUT2D eigenvalue weighted by molar-refractivity contribution is 9.10. The summed E-state index contributed by atoms with van der Waals surface area (Å²) in [6.45, 7) is 1.69. The lowest BCUT2D eigenvalue weighted by atomic mass is 10.1. The Bertz CT molecular complexity index is 1180. The van der Waals surface area contributed by atoms with E-state index in [0.717, 1.165) is 22.1 Å². The van der Waals surface area contributed by atoms with Gasteiger partial charge in [-0.1, -0.05) is 58.4 Å². The van der Waals surface area contributed by atoms with E-state index in [1.54, 1.807) is 53.4 Å². The predicted octanol–water partition coefficient (Wildman–Crippen LogP) is 4.62. The lowest BCUT2D eigenvalue weighted by Crippen LogP contribution is -2.45. The van der Waals surface area contributed by atoms with E-state index < -0.39 is 10.0 Å². The summed E-state index contributed by atoms with van der Waals surface area (Å²) in [4.78, 5) is 15.2. The molecule has 0 saturated heterocycles. The van der Waals surface area contributed by atoms with Crippen LogP contribution in [-0.4, -0.2) is 26.9 Å². The van der Waals surface area contributed by atoms with Gasteiger partial charge in [0, 0.05) is 16.2 Å². The van der Waals surface area contributed by atoms with Crippen molar-refractivity contribution in [2.45, 2.75) is 24.3 Å². The summed E-state index contributed by atoms with van der Waals surface area (Å²) in [5.41, 5.74) is 2.38. The maximum Gasteiger partial charge on any atom is 0.264 e. The van der Waals surface area contributed by atoms with E-state index in [-0.39, 0.29) is 23.4 Å². The summed E-state index contributed by atoms with van der Waals surface area (Å²) in [6, 6.07) is 22.9. The molecule has 30 heavy (non-hydrogen) atoms. The minimum Gasteiger partial charge on any atom is -0.307 e. The Hall–Kier alpha value is -2.64. The molecule has 1 aliphatic heterocycles. The molecule has 1 amide bonds. The van der Waals surface area contributed by atoms with E-state index in [4.69, 9.17) is 0 Å². The van der Waals surface area contributed by atoms with E-state index in [0.29, 0.717) is 5.69 Å². The van der Waals surface area contributed by atoms with Crippen LogP contribution < -0.4 is 9.21 Å². The number of amides is 1. The molecule has 154 valence electrons. The molecule has 0 aliphatic carbocycles. The van der Waals surface area contributed by atoms with Crippen molar-refractivity contribution in [3.63, 3.8) is 0 Å². The average Bonchev–Trinajstić information content (AvgIpc) is 3.08. The van der Waals surface area contributed by atoms with Crippen molar-refractivity contribution in [3.8, 4) is 0 Å². The third-order valence-corrected chi connectivity index (χ3v) is 7.46. The number of halogens is 1. The zero-order valence-corrected chi connectivity index (χ0v) is 18.8. The summed E-state index contributed by atoms with van der Waals surface area (Å²) in [5, 5.41) is 0. The number of carbonyl (C=O) groups excluding carboxylic acids is 1. The molecule has 1 heterocycles. The molecular weight excluding hydrogens is 464 g/mol. The molecule has 1 aliphatic rings. The zero-order valence-electron chi connectivity index (χ0n) is 16.4. The fourth-order valence-electron chi connectivity index (χ4n) is 3.81. The topological polar surface area (TPSA) is 57.7 Å². The number of sulfonamides is 1. The van der Waals surface area contributed by atoms with Crippen LogP contribution in [0.25, 0.3) is 0 Å². The van der Waals surface area contributed by atoms with Gasteiger partial charge in [0.15, 0.2) is 0 Å². The van der Waals surface area contributed by atoms with Gasteiger partial charge < -0.3 is 4.90 Å². The number of hydrogen-bond acceptors (Lipinski definition) is 3. The van der Waals surface area contributed by atoms with Crippen molar-refractivity contribution >= 4 is 43.2 Å². The molecule has 1 atom stereocenters. The fourth-order valence-corrected chi connectivity index (χ4v) is 5.62. The number of nitrogens with zero attached hydrogens (tertiary/aromatic N) is 2. The van der Waals surface area contributed by atoms with Crippen LogP contribution in [0.15, 0.2) is 88.2 Å². The van der Waals surface area contributed by atoms with Crippen LogP contribution in [0.3, 0.4) is 0 Å². The van der Waals surface area contributed by atoms with Crippen molar-refractivity contribution < 1.29 is 13.2 Å². The zero-order chi connectivity index (χ0) is 21.3. The van der Waals surface area contributed by atoms with Gasteiger partial charge in [-0.05, 0) is 55.3 Å². The molecule has 3 aromatic rings. The standard InChI is InChI=1S/C23H21BrN2O3S/c1-17-14-18-8-5-6-13-22(18)26(17)23(27)16-25(20-10-7-9-19(24)15-20)30(28,29)21-11-3-2-4-12-21/h2-13,15,17H,14,16H2,1H3/t17-/m1/s1. The molecule has 3 aromatic carbocycles. The molecule has 4 rings (SSSR count). The number of benzene rings is 3. The van der Waals surface area contributed by atoms with Crippen LogP contribution >= 0.6 is 15.9 Å². The van der Waals surface area contributed by atoms with Crippen molar-refractivity contribution in [2.24, 2.45) is 0 Å². The Labute approximate surface area is 185 Å². The minimum atomic E-state index is -3.93. The van der Waals surface area contributed by atoms with Crippen LogP contribution in [-0.2, 0) is 21.2 Å². The van der Waals surface area contributed by atoms with Crippen LogP contribution in [0.5, 0.6) is 0 Å². The third kappa shape index (κ3) is 3.87. The maximum absolute atomic E-state index is 13.5. The quantitative estimate of drug-likeness (QED) is 0.530. The molecule has 0 saturated carbocycles. The van der Waals surface area contributed by atoms with Gasteiger partial charge in [0.2, 0.25) is 5.91 Å².